The Balaban J connectivity index is 1.13. The van der Waals surface area contributed by atoms with E-state index >= 15 is 0 Å². The standard InChI is InChI=1S/C35H42ClF3N6O6/c36-26-19-21(18-25(30(26)40)35(37,38)39)20-29(31(46)42-13-8-23(9-14-42)44-12-3-6-28(44)32(47)48)51-34(50)43-15-10-24(11-16-43)45-17-7-22-4-1-2-5-27(22)41-33(45)49/h1-2,4-5,18-19,23-24,28-29H,3,6-17,20,40H2,(H,41,49)(H,47,48). The van der Waals surface area contributed by atoms with Crippen molar-refractivity contribution >= 4 is 47.0 Å². The minimum atomic E-state index is -4.80. The number of carbonyl (C=O) groups is 4. The third-order valence-electron chi connectivity index (χ3n) is 10.6. The Hall–Kier alpha value is -4.24. The fraction of sp³-hybridized carbons (Fsp3) is 0.543. The summed E-state index contributed by atoms with van der Waals surface area (Å²) >= 11 is 6.09. The van der Waals surface area contributed by atoms with E-state index in [2.05, 4.69) is 5.32 Å². The molecule has 51 heavy (non-hydrogen) atoms. The van der Waals surface area contributed by atoms with E-state index in [9.17, 15) is 37.5 Å². The normalized spacial score (nSPS) is 21.5. The van der Waals surface area contributed by atoms with Crippen LogP contribution < -0.4 is 11.1 Å². The van der Waals surface area contributed by atoms with Gasteiger partial charge in [0.05, 0.1) is 16.3 Å². The predicted molar refractivity (Wildman–Crippen MR) is 182 cm³/mol. The van der Waals surface area contributed by atoms with Gasteiger partial charge in [-0.2, -0.15) is 13.2 Å². The number of rotatable bonds is 7. The number of nitrogens with two attached hydrogens (primary N) is 1. The third-order valence-corrected chi connectivity index (χ3v) is 10.9. The van der Waals surface area contributed by atoms with E-state index in [4.69, 9.17) is 22.1 Å². The number of benzene rings is 2. The molecule has 3 fully saturated rings. The number of urea groups is 1. The van der Waals surface area contributed by atoms with Crippen LogP contribution >= 0.6 is 11.6 Å². The van der Waals surface area contributed by atoms with Crippen molar-refractivity contribution in [2.45, 2.75) is 81.8 Å². The largest absolute Gasteiger partial charge is 0.480 e. The van der Waals surface area contributed by atoms with E-state index in [0.717, 1.165) is 23.7 Å². The zero-order valence-corrected chi connectivity index (χ0v) is 28.8. The average molecular weight is 735 g/mol. The highest BCUT2D eigenvalue weighted by molar-refractivity contribution is 6.33. The summed E-state index contributed by atoms with van der Waals surface area (Å²) in [4.78, 5) is 59.1. The number of nitrogens with one attached hydrogen (secondary N) is 1. The number of nitrogen functional groups attached to an aromatic ring is 1. The van der Waals surface area contributed by atoms with Crippen LogP contribution in [0.1, 0.15) is 55.2 Å². The summed E-state index contributed by atoms with van der Waals surface area (Å²) in [5.41, 5.74) is 5.69. The smallest absolute Gasteiger partial charge is 0.418 e. The summed E-state index contributed by atoms with van der Waals surface area (Å²) in [5, 5.41) is 12.3. The van der Waals surface area contributed by atoms with Crippen LogP contribution in [0.25, 0.3) is 0 Å². The van der Waals surface area contributed by atoms with Gasteiger partial charge < -0.3 is 35.6 Å². The number of fused-ring (bicyclic) bond motifs is 1. The van der Waals surface area contributed by atoms with Gasteiger partial charge in [-0.25, -0.2) is 9.59 Å². The number of hydrogen-bond donors (Lipinski definition) is 3. The summed E-state index contributed by atoms with van der Waals surface area (Å²) in [6.45, 7) is 2.21. The molecular formula is C35H42ClF3N6O6. The Kier molecular flexibility index (Phi) is 10.9. The first-order valence-corrected chi connectivity index (χ1v) is 17.7. The highest BCUT2D eigenvalue weighted by Crippen LogP contribution is 2.38. The molecule has 4 aliphatic rings. The molecule has 2 aromatic rings. The molecule has 4 N–H and O–H groups in total. The highest BCUT2D eigenvalue weighted by Gasteiger charge is 2.40. The van der Waals surface area contributed by atoms with Crippen molar-refractivity contribution in [2.24, 2.45) is 0 Å². The van der Waals surface area contributed by atoms with Crippen molar-refractivity contribution in [3.8, 4) is 0 Å². The second-order valence-corrected chi connectivity index (χ2v) is 14.1. The summed E-state index contributed by atoms with van der Waals surface area (Å²) in [6, 6.07) is 8.73. The molecule has 0 aliphatic carbocycles. The minimum absolute atomic E-state index is 0.0239. The molecule has 276 valence electrons. The average Bonchev–Trinajstić information content (AvgIpc) is 3.54. The minimum Gasteiger partial charge on any atom is -0.480 e. The summed E-state index contributed by atoms with van der Waals surface area (Å²) in [5.74, 6) is -1.43. The van der Waals surface area contributed by atoms with Crippen molar-refractivity contribution in [2.75, 3.05) is 50.3 Å². The lowest BCUT2D eigenvalue weighted by Gasteiger charge is -2.40. The van der Waals surface area contributed by atoms with Crippen molar-refractivity contribution in [3.05, 3.63) is 58.1 Å². The number of nitrogens with zero attached hydrogens (tertiary/aromatic N) is 4. The molecule has 4 aliphatic heterocycles. The van der Waals surface area contributed by atoms with E-state index < -0.39 is 47.5 Å². The molecule has 4 amide bonds. The molecule has 16 heteroatoms. The summed E-state index contributed by atoms with van der Waals surface area (Å²) in [6.07, 6.45) is -3.44. The number of aliphatic carboxylic acids is 1. The second kappa shape index (κ2) is 15.2. The molecule has 4 heterocycles. The number of carbonyl (C=O) groups excluding carboxylic acids is 3. The van der Waals surface area contributed by atoms with Gasteiger partial charge in [-0.15, -0.1) is 0 Å². The highest BCUT2D eigenvalue weighted by atomic mass is 35.5. The zero-order valence-electron chi connectivity index (χ0n) is 28.0. The van der Waals surface area contributed by atoms with Crippen molar-refractivity contribution < 1.29 is 42.2 Å². The Morgan fingerprint density at radius 3 is 2.31 bits per heavy atom. The van der Waals surface area contributed by atoms with Gasteiger partial charge in [-0.1, -0.05) is 29.8 Å². The van der Waals surface area contributed by atoms with Gasteiger partial charge in [0, 0.05) is 56.9 Å². The SMILES string of the molecule is Nc1c(Cl)cc(CC(OC(=O)N2CCC(N3CCc4ccccc4NC3=O)CC2)C(=O)N2CCC(N3CCCC3C(=O)O)CC2)cc1C(F)(F)F. The number of anilines is 2. The molecule has 0 aromatic heterocycles. The van der Waals surface area contributed by atoms with Crippen molar-refractivity contribution in [1.82, 2.24) is 19.6 Å². The summed E-state index contributed by atoms with van der Waals surface area (Å²) in [7, 11) is 0. The van der Waals surface area contributed by atoms with E-state index in [0.29, 0.717) is 51.6 Å². The predicted octanol–water partition coefficient (Wildman–Crippen LogP) is 5.08. The van der Waals surface area contributed by atoms with Crippen molar-refractivity contribution in [3.63, 3.8) is 0 Å². The van der Waals surface area contributed by atoms with E-state index in [1.165, 1.54) is 15.9 Å². The Morgan fingerprint density at radius 1 is 0.961 bits per heavy atom. The Morgan fingerprint density at radius 2 is 1.63 bits per heavy atom. The number of carboxylic acids is 1. The summed E-state index contributed by atoms with van der Waals surface area (Å²) < 4.78 is 47.2. The Bertz CT molecular complexity index is 1650. The number of carboxylic acid groups (broad SMARTS) is 1. The molecule has 3 saturated heterocycles. The van der Waals surface area contributed by atoms with Crippen LogP contribution in [0.15, 0.2) is 36.4 Å². The van der Waals surface area contributed by atoms with E-state index in [1.807, 2.05) is 29.2 Å². The number of para-hydroxylation sites is 1. The Labute approximate surface area is 298 Å². The maximum Gasteiger partial charge on any atom is 0.418 e. The molecule has 0 bridgehead atoms. The molecule has 0 saturated carbocycles. The van der Waals surface area contributed by atoms with E-state index in [1.54, 1.807) is 4.90 Å². The van der Waals surface area contributed by atoms with Gasteiger partial charge in [0.15, 0.2) is 6.10 Å². The number of piperidine rings is 2. The van der Waals surface area contributed by atoms with Crippen molar-refractivity contribution in [1.29, 1.82) is 0 Å². The zero-order chi connectivity index (χ0) is 36.4. The van der Waals surface area contributed by atoms with Gasteiger partial charge in [0.1, 0.15) is 6.04 Å². The number of hydrogen-bond acceptors (Lipinski definition) is 7. The molecule has 2 aromatic carbocycles. The van der Waals surface area contributed by atoms with E-state index in [-0.39, 0.29) is 61.3 Å². The first kappa shape index (κ1) is 36.5. The third kappa shape index (κ3) is 8.14. The van der Waals surface area contributed by atoms with Gasteiger partial charge in [0.2, 0.25) is 0 Å². The number of amides is 4. The second-order valence-electron chi connectivity index (χ2n) is 13.7. The quantitative estimate of drug-likeness (QED) is 0.334. The van der Waals surface area contributed by atoms with Gasteiger partial charge in [-0.05, 0) is 80.8 Å². The lowest BCUT2D eigenvalue weighted by molar-refractivity contribution is -0.146. The fourth-order valence-corrected chi connectivity index (χ4v) is 8.07. The van der Waals surface area contributed by atoms with Crippen LogP contribution in [0.4, 0.5) is 34.1 Å². The lowest BCUT2D eigenvalue weighted by Crippen LogP contribution is -2.53. The molecule has 0 spiro atoms. The van der Waals surface area contributed by atoms with Crippen LogP contribution in [-0.4, -0.2) is 112 Å². The van der Waals surface area contributed by atoms with Crippen LogP contribution in [0.5, 0.6) is 0 Å². The first-order chi connectivity index (χ1) is 24.3. The van der Waals surface area contributed by atoms with Gasteiger partial charge in [-0.3, -0.25) is 14.5 Å². The van der Waals surface area contributed by atoms with Crippen LogP contribution in [0.2, 0.25) is 5.02 Å². The first-order valence-electron chi connectivity index (χ1n) is 17.3. The molecule has 6 rings (SSSR count). The van der Waals surface area contributed by atoms with Gasteiger partial charge >= 0.3 is 24.3 Å². The molecular weight excluding hydrogens is 693 g/mol. The lowest BCUT2D eigenvalue weighted by atomic mass is 9.99. The number of halogens is 4. The maximum atomic E-state index is 14.0. The fourth-order valence-electron chi connectivity index (χ4n) is 7.83. The number of ether oxygens (including phenoxy) is 1. The topological polar surface area (TPSA) is 149 Å². The van der Waals surface area contributed by atoms with Crippen LogP contribution in [-0.2, 0) is 33.3 Å². The van der Waals surface area contributed by atoms with Crippen LogP contribution in [0, 0.1) is 0 Å². The molecule has 2 atom stereocenters. The van der Waals surface area contributed by atoms with Crippen LogP contribution in [0.3, 0.4) is 0 Å². The molecule has 2 unspecified atom stereocenters. The molecule has 12 nitrogen and oxygen atoms in total. The monoisotopic (exact) mass is 734 g/mol. The maximum absolute atomic E-state index is 14.0. The number of alkyl halides is 3. The molecule has 0 radical (unpaired) electrons. The number of likely N-dealkylation sites (tertiary alicyclic amines) is 3. The van der Waals surface area contributed by atoms with Gasteiger partial charge in [0.25, 0.3) is 5.91 Å².